The summed E-state index contributed by atoms with van der Waals surface area (Å²) in [4.78, 5) is 34.8. The van der Waals surface area contributed by atoms with Gasteiger partial charge in [-0.3, -0.25) is 14.9 Å². The molecule has 2 aliphatic rings. The fourth-order valence-corrected chi connectivity index (χ4v) is 2.79. The van der Waals surface area contributed by atoms with Crippen molar-refractivity contribution >= 4 is 17.8 Å². The Hall–Kier alpha value is -2.37. The number of carbonyl (C=O) groups is 3. The average molecular weight is 245 g/mol. The molecule has 1 aromatic carbocycles. The topological polar surface area (TPSA) is 101 Å². The largest absolute Gasteiger partial charge is 0.369 e. The van der Waals surface area contributed by atoms with Crippen molar-refractivity contribution in [2.75, 3.05) is 0 Å². The van der Waals surface area contributed by atoms with Crippen molar-refractivity contribution < 1.29 is 14.4 Å². The van der Waals surface area contributed by atoms with E-state index in [4.69, 9.17) is 5.73 Å². The van der Waals surface area contributed by atoms with E-state index in [0.717, 1.165) is 0 Å². The van der Waals surface area contributed by atoms with Crippen molar-refractivity contribution in [3.05, 3.63) is 35.4 Å². The van der Waals surface area contributed by atoms with Crippen molar-refractivity contribution in [3.8, 4) is 0 Å². The van der Waals surface area contributed by atoms with Crippen LogP contribution in [0.4, 0.5) is 4.79 Å². The number of primary amides is 1. The van der Waals surface area contributed by atoms with E-state index in [1.165, 1.54) is 0 Å². The molecule has 4 amide bonds. The molecule has 0 aromatic heterocycles. The van der Waals surface area contributed by atoms with Gasteiger partial charge in [-0.2, -0.15) is 0 Å². The number of benzene rings is 1. The first-order valence-corrected chi connectivity index (χ1v) is 5.57. The second kappa shape index (κ2) is 3.32. The Balaban J connectivity index is 2.18. The lowest BCUT2D eigenvalue weighted by atomic mass is 9.91. The van der Waals surface area contributed by atoms with Crippen LogP contribution in [0.5, 0.6) is 0 Å². The maximum absolute atomic E-state index is 12.0. The molecule has 2 atom stereocenters. The van der Waals surface area contributed by atoms with Crippen molar-refractivity contribution in [1.82, 2.24) is 10.6 Å². The second-order valence-electron chi connectivity index (χ2n) is 4.56. The lowest BCUT2D eigenvalue weighted by molar-refractivity contribution is -0.124. The Morgan fingerprint density at radius 3 is 2.67 bits per heavy atom. The van der Waals surface area contributed by atoms with Crippen LogP contribution in [0.3, 0.4) is 0 Å². The molecule has 1 fully saturated rings. The van der Waals surface area contributed by atoms with Crippen LogP contribution in [0.15, 0.2) is 24.3 Å². The third kappa shape index (κ3) is 1.20. The van der Waals surface area contributed by atoms with E-state index in [0.29, 0.717) is 11.1 Å². The molecule has 1 spiro atoms. The van der Waals surface area contributed by atoms with Crippen molar-refractivity contribution in [3.63, 3.8) is 0 Å². The summed E-state index contributed by atoms with van der Waals surface area (Å²) >= 11 is 0. The van der Waals surface area contributed by atoms with Gasteiger partial charge in [0.2, 0.25) is 5.91 Å². The van der Waals surface area contributed by atoms with Gasteiger partial charge >= 0.3 is 6.03 Å². The number of hydrogen-bond acceptors (Lipinski definition) is 3. The third-order valence-electron chi connectivity index (χ3n) is 3.59. The summed E-state index contributed by atoms with van der Waals surface area (Å²) < 4.78 is 0. The van der Waals surface area contributed by atoms with E-state index in [2.05, 4.69) is 10.6 Å². The van der Waals surface area contributed by atoms with Crippen LogP contribution in [0, 0.1) is 0 Å². The predicted molar refractivity (Wildman–Crippen MR) is 61.3 cm³/mol. The number of amides is 4. The zero-order valence-electron chi connectivity index (χ0n) is 9.40. The van der Waals surface area contributed by atoms with Crippen LogP contribution in [0.1, 0.15) is 23.5 Å². The number of carbonyl (C=O) groups excluding carboxylic acids is 3. The lowest BCUT2D eigenvalue weighted by Crippen LogP contribution is -2.42. The summed E-state index contributed by atoms with van der Waals surface area (Å²) in [5.74, 6) is -1.47. The van der Waals surface area contributed by atoms with Gasteiger partial charge in [0.05, 0.1) is 5.92 Å². The summed E-state index contributed by atoms with van der Waals surface area (Å²) in [6.07, 6.45) is 0.180. The molecule has 4 N–H and O–H groups in total. The predicted octanol–water partition coefficient (Wildman–Crippen LogP) is -0.306. The molecule has 6 nitrogen and oxygen atoms in total. The van der Waals surface area contributed by atoms with Gasteiger partial charge in [-0.15, -0.1) is 0 Å². The summed E-state index contributed by atoms with van der Waals surface area (Å²) in [5.41, 5.74) is 5.58. The van der Waals surface area contributed by atoms with E-state index in [9.17, 15) is 14.4 Å². The minimum absolute atomic E-state index is 0.180. The molecule has 0 bridgehead atoms. The highest BCUT2D eigenvalue weighted by atomic mass is 16.2. The second-order valence-corrected chi connectivity index (χ2v) is 4.56. The molecule has 1 saturated heterocycles. The molecule has 18 heavy (non-hydrogen) atoms. The SMILES string of the molecule is NC(=O)[C@@H]1C[C@]2(NC(=O)NC2=O)c2ccccc21. The van der Waals surface area contributed by atoms with Gasteiger partial charge in [-0.25, -0.2) is 4.79 Å². The first-order valence-electron chi connectivity index (χ1n) is 5.57. The number of urea groups is 1. The van der Waals surface area contributed by atoms with Gasteiger partial charge in [0, 0.05) is 0 Å². The molecule has 0 saturated carbocycles. The molecule has 0 radical (unpaired) electrons. The smallest absolute Gasteiger partial charge is 0.322 e. The van der Waals surface area contributed by atoms with Crippen LogP contribution in [0.25, 0.3) is 0 Å². The summed E-state index contributed by atoms with van der Waals surface area (Å²) in [6.45, 7) is 0. The maximum atomic E-state index is 12.0. The monoisotopic (exact) mass is 245 g/mol. The van der Waals surface area contributed by atoms with E-state index in [-0.39, 0.29) is 6.42 Å². The summed E-state index contributed by atoms with van der Waals surface area (Å²) in [7, 11) is 0. The van der Waals surface area contributed by atoms with Gasteiger partial charge in [-0.1, -0.05) is 24.3 Å². The molecule has 3 rings (SSSR count). The van der Waals surface area contributed by atoms with Crippen LogP contribution >= 0.6 is 0 Å². The molecular formula is C12H11N3O3. The number of fused-ring (bicyclic) bond motifs is 2. The van der Waals surface area contributed by atoms with Gasteiger partial charge in [0.1, 0.15) is 5.54 Å². The Morgan fingerprint density at radius 2 is 2.06 bits per heavy atom. The number of rotatable bonds is 1. The van der Waals surface area contributed by atoms with E-state index in [1.807, 2.05) is 0 Å². The van der Waals surface area contributed by atoms with Crippen molar-refractivity contribution in [2.45, 2.75) is 17.9 Å². The molecule has 1 aliphatic carbocycles. The normalized spacial score (nSPS) is 29.0. The van der Waals surface area contributed by atoms with Gasteiger partial charge in [0.25, 0.3) is 5.91 Å². The third-order valence-corrected chi connectivity index (χ3v) is 3.59. The fraction of sp³-hybridized carbons (Fsp3) is 0.250. The minimum atomic E-state index is -1.15. The van der Waals surface area contributed by atoms with Crippen LogP contribution in [0.2, 0.25) is 0 Å². The number of hydrogen-bond donors (Lipinski definition) is 3. The quantitative estimate of drug-likeness (QED) is 0.592. The van der Waals surface area contributed by atoms with E-state index in [1.54, 1.807) is 24.3 Å². The van der Waals surface area contributed by atoms with E-state index < -0.39 is 29.3 Å². The summed E-state index contributed by atoms with van der Waals surface area (Å²) in [5, 5.41) is 4.82. The maximum Gasteiger partial charge on any atom is 0.322 e. The fourth-order valence-electron chi connectivity index (χ4n) is 2.79. The number of imide groups is 1. The van der Waals surface area contributed by atoms with Crippen molar-refractivity contribution in [1.29, 1.82) is 0 Å². The Kier molecular flexibility index (Phi) is 1.98. The zero-order chi connectivity index (χ0) is 12.9. The Morgan fingerprint density at radius 1 is 1.33 bits per heavy atom. The standard InChI is InChI=1S/C12H11N3O3/c13-9(16)7-5-12(10(17)14-11(18)15-12)8-4-2-1-3-6(7)8/h1-4,7H,5H2,(H2,13,16)(H2,14,15,17,18)/t7-,12+/m1/s1. The molecule has 0 unspecified atom stereocenters. The molecule has 6 heteroatoms. The Bertz CT molecular complexity index is 584. The highest BCUT2D eigenvalue weighted by Gasteiger charge is 2.55. The average Bonchev–Trinajstić information content (AvgIpc) is 2.80. The highest BCUT2D eigenvalue weighted by Crippen LogP contribution is 2.45. The first-order chi connectivity index (χ1) is 8.54. The number of nitrogens with two attached hydrogens (primary N) is 1. The Labute approximate surface area is 103 Å². The van der Waals surface area contributed by atoms with Crippen LogP contribution in [-0.2, 0) is 15.1 Å². The zero-order valence-corrected chi connectivity index (χ0v) is 9.40. The number of nitrogens with one attached hydrogen (secondary N) is 2. The van der Waals surface area contributed by atoms with Crippen molar-refractivity contribution in [2.24, 2.45) is 5.73 Å². The van der Waals surface area contributed by atoms with Crippen LogP contribution in [-0.4, -0.2) is 17.8 Å². The van der Waals surface area contributed by atoms with Gasteiger partial charge < -0.3 is 11.1 Å². The first kappa shape index (κ1) is 10.8. The molecular weight excluding hydrogens is 234 g/mol. The highest BCUT2D eigenvalue weighted by molar-refractivity contribution is 6.09. The molecule has 1 heterocycles. The van der Waals surface area contributed by atoms with E-state index >= 15 is 0 Å². The minimum Gasteiger partial charge on any atom is -0.369 e. The van der Waals surface area contributed by atoms with Gasteiger partial charge in [-0.05, 0) is 17.5 Å². The van der Waals surface area contributed by atoms with Gasteiger partial charge in [0.15, 0.2) is 0 Å². The molecule has 1 aliphatic heterocycles. The molecule has 1 aromatic rings. The van der Waals surface area contributed by atoms with Crippen LogP contribution < -0.4 is 16.4 Å². The summed E-state index contributed by atoms with van der Waals surface area (Å²) in [6, 6.07) is 6.50. The molecule has 92 valence electrons. The lowest BCUT2D eigenvalue weighted by Gasteiger charge is -2.21.